The summed E-state index contributed by atoms with van der Waals surface area (Å²) in [5.41, 5.74) is 1.66. The van der Waals surface area contributed by atoms with Crippen molar-refractivity contribution >= 4 is 11.6 Å². The molecule has 2 rings (SSSR count). The van der Waals surface area contributed by atoms with Crippen LogP contribution in [0.15, 0.2) is 48.5 Å². The molecular weight excluding hydrogens is 283 g/mol. The van der Waals surface area contributed by atoms with Crippen molar-refractivity contribution in [1.82, 2.24) is 4.90 Å². The van der Waals surface area contributed by atoms with Gasteiger partial charge in [-0.25, -0.2) is 4.39 Å². The van der Waals surface area contributed by atoms with E-state index in [1.54, 1.807) is 31.2 Å². The van der Waals surface area contributed by atoms with E-state index in [9.17, 15) is 9.18 Å². The molecule has 0 aliphatic carbocycles. The van der Waals surface area contributed by atoms with Crippen LogP contribution < -0.4 is 10.1 Å². The molecule has 1 amide bonds. The average molecular weight is 302 g/mol. The highest BCUT2D eigenvalue weighted by atomic mass is 19.1. The Morgan fingerprint density at radius 3 is 2.55 bits per heavy atom. The summed E-state index contributed by atoms with van der Waals surface area (Å²) < 4.78 is 18.1. The molecule has 0 spiro atoms. The quantitative estimate of drug-likeness (QED) is 0.892. The molecule has 5 heteroatoms. The van der Waals surface area contributed by atoms with Crippen molar-refractivity contribution in [3.8, 4) is 5.75 Å². The lowest BCUT2D eigenvalue weighted by Gasteiger charge is -2.18. The monoisotopic (exact) mass is 302 g/mol. The summed E-state index contributed by atoms with van der Waals surface area (Å²) in [6.07, 6.45) is 0. The number of methoxy groups -OCH3 is 1. The van der Waals surface area contributed by atoms with Crippen LogP contribution in [-0.2, 0) is 11.3 Å². The van der Waals surface area contributed by atoms with Gasteiger partial charge in [0.25, 0.3) is 0 Å². The van der Waals surface area contributed by atoms with E-state index >= 15 is 0 Å². The zero-order valence-electron chi connectivity index (χ0n) is 12.7. The van der Waals surface area contributed by atoms with E-state index in [0.717, 1.165) is 11.3 Å². The molecule has 22 heavy (non-hydrogen) atoms. The van der Waals surface area contributed by atoms with Gasteiger partial charge in [0.05, 0.1) is 19.3 Å². The number of nitrogens with one attached hydrogen (secondary N) is 1. The number of amides is 1. The molecule has 0 fully saturated rings. The van der Waals surface area contributed by atoms with Crippen LogP contribution in [0.2, 0.25) is 0 Å². The molecule has 0 radical (unpaired) electrons. The molecule has 0 aliphatic heterocycles. The van der Waals surface area contributed by atoms with Crippen LogP contribution in [0.5, 0.6) is 5.75 Å². The first-order valence-electron chi connectivity index (χ1n) is 6.95. The molecule has 0 saturated carbocycles. The Bertz CT molecular complexity index is 629. The Kier molecular flexibility index (Phi) is 5.36. The first kappa shape index (κ1) is 15.8. The lowest BCUT2D eigenvalue weighted by atomic mass is 10.2. The average Bonchev–Trinajstić information content (AvgIpc) is 2.54. The van der Waals surface area contributed by atoms with Gasteiger partial charge in [-0.1, -0.05) is 24.3 Å². The zero-order valence-corrected chi connectivity index (χ0v) is 12.7. The molecule has 1 N–H and O–H groups in total. The van der Waals surface area contributed by atoms with E-state index < -0.39 is 0 Å². The normalized spacial score (nSPS) is 10.1. The fraction of sp³-hybridized carbons (Fsp3) is 0.235. The van der Waals surface area contributed by atoms with E-state index in [4.69, 9.17) is 4.74 Å². The van der Waals surface area contributed by atoms with Crippen molar-refractivity contribution in [2.24, 2.45) is 0 Å². The van der Waals surface area contributed by atoms with Crippen molar-refractivity contribution in [3.05, 3.63) is 59.9 Å². The van der Waals surface area contributed by atoms with Gasteiger partial charge in [-0.15, -0.1) is 0 Å². The Balaban J connectivity index is 1.90. The van der Waals surface area contributed by atoms with Crippen LogP contribution in [0.4, 0.5) is 10.1 Å². The number of nitrogens with zero attached hydrogens (tertiary/aromatic N) is 1. The molecular formula is C17H19FN2O2. The van der Waals surface area contributed by atoms with Gasteiger partial charge in [-0.2, -0.15) is 0 Å². The summed E-state index contributed by atoms with van der Waals surface area (Å²) >= 11 is 0. The predicted molar refractivity (Wildman–Crippen MR) is 84.4 cm³/mol. The Morgan fingerprint density at radius 1 is 1.18 bits per heavy atom. The van der Waals surface area contributed by atoms with Crippen LogP contribution >= 0.6 is 0 Å². The molecule has 0 aliphatic rings. The number of rotatable bonds is 6. The highest BCUT2D eigenvalue weighted by Crippen LogP contribution is 2.22. The van der Waals surface area contributed by atoms with Gasteiger partial charge in [-0.05, 0) is 29.8 Å². The Hall–Kier alpha value is -2.56. The third-order valence-electron chi connectivity index (χ3n) is 3.30. The predicted octanol–water partition coefficient (Wildman–Crippen LogP) is 2.90. The standard InChI is InChI=1S/C17H19FN2O2/c1-20(12-13-7-9-14(18)10-8-13)17(21)11-19-15-5-3-4-6-16(15)22-2/h3-10,19H,11-12H2,1-2H3. The van der Waals surface area contributed by atoms with Gasteiger partial charge in [-0.3, -0.25) is 4.79 Å². The second-order valence-electron chi connectivity index (χ2n) is 4.93. The molecule has 0 unspecified atom stereocenters. The van der Waals surface area contributed by atoms with Gasteiger partial charge in [0.15, 0.2) is 0 Å². The van der Waals surface area contributed by atoms with Crippen molar-refractivity contribution < 1.29 is 13.9 Å². The minimum absolute atomic E-state index is 0.0600. The van der Waals surface area contributed by atoms with Gasteiger partial charge < -0.3 is 15.0 Å². The second-order valence-corrected chi connectivity index (χ2v) is 4.93. The van der Waals surface area contributed by atoms with Gasteiger partial charge in [0.1, 0.15) is 11.6 Å². The van der Waals surface area contributed by atoms with Gasteiger partial charge >= 0.3 is 0 Å². The summed E-state index contributed by atoms with van der Waals surface area (Å²) in [5.74, 6) is 0.349. The second kappa shape index (κ2) is 7.45. The minimum Gasteiger partial charge on any atom is -0.495 e. The largest absolute Gasteiger partial charge is 0.495 e. The lowest BCUT2D eigenvalue weighted by Crippen LogP contribution is -2.31. The molecule has 2 aromatic rings. The van der Waals surface area contributed by atoms with Crippen molar-refractivity contribution in [2.45, 2.75) is 6.54 Å². The maximum atomic E-state index is 12.9. The van der Waals surface area contributed by atoms with Crippen molar-refractivity contribution in [2.75, 3.05) is 26.0 Å². The van der Waals surface area contributed by atoms with Crippen LogP contribution in [-0.4, -0.2) is 31.5 Å². The fourth-order valence-electron chi connectivity index (χ4n) is 2.05. The molecule has 0 heterocycles. The number of halogens is 1. The maximum absolute atomic E-state index is 12.9. The third kappa shape index (κ3) is 4.22. The number of likely N-dealkylation sites (N-methyl/N-ethyl adjacent to an activating group) is 1. The Labute approximate surface area is 129 Å². The van der Waals surface area contributed by atoms with E-state index in [1.165, 1.54) is 12.1 Å². The molecule has 116 valence electrons. The number of hydrogen-bond donors (Lipinski definition) is 1. The van der Waals surface area contributed by atoms with Gasteiger partial charge in [0, 0.05) is 13.6 Å². The number of carbonyl (C=O) groups excluding carboxylic acids is 1. The molecule has 2 aromatic carbocycles. The topological polar surface area (TPSA) is 41.6 Å². The number of para-hydroxylation sites is 2. The SMILES string of the molecule is COc1ccccc1NCC(=O)N(C)Cc1ccc(F)cc1. The molecule has 4 nitrogen and oxygen atoms in total. The van der Waals surface area contributed by atoms with Crippen LogP contribution in [0, 0.1) is 5.82 Å². The number of ether oxygens (including phenoxy) is 1. The highest BCUT2D eigenvalue weighted by molar-refractivity contribution is 5.81. The van der Waals surface area contributed by atoms with E-state index in [0.29, 0.717) is 12.3 Å². The van der Waals surface area contributed by atoms with Crippen LogP contribution in [0.3, 0.4) is 0 Å². The lowest BCUT2D eigenvalue weighted by molar-refractivity contribution is -0.128. The molecule has 0 saturated heterocycles. The van der Waals surface area contributed by atoms with E-state index in [2.05, 4.69) is 5.32 Å². The Morgan fingerprint density at radius 2 is 1.86 bits per heavy atom. The fourth-order valence-corrected chi connectivity index (χ4v) is 2.05. The van der Waals surface area contributed by atoms with Gasteiger partial charge in [0.2, 0.25) is 5.91 Å². The summed E-state index contributed by atoms with van der Waals surface area (Å²) in [7, 11) is 3.30. The molecule has 0 atom stereocenters. The summed E-state index contributed by atoms with van der Waals surface area (Å²) in [6.45, 7) is 0.602. The first-order chi connectivity index (χ1) is 10.6. The zero-order chi connectivity index (χ0) is 15.9. The van der Waals surface area contributed by atoms with Crippen molar-refractivity contribution in [3.63, 3.8) is 0 Å². The smallest absolute Gasteiger partial charge is 0.241 e. The number of hydrogen-bond acceptors (Lipinski definition) is 3. The summed E-state index contributed by atoms with van der Waals surface area (Å²) in [5, 5.41) is 3.06. The van der Waals surface area contributed by atoms with E-state index in [-0.39, 0.29) is 18.3 Å². The molecule has 0 aromatic heterocycles. The third-order valence-corrected chi connectivity index (χ3v) is 3.30. The highest BCUT2D eigenvalue weighted by Gasteiger charge is 2.10. The van der Waals surface area contributed by atoms with Crippen molar-refractivity contribution in [1.29, 1.82) is 0 Å². The first-order valence-corrected chi connectivity index (χ1v) is 6.95. The summed E-state index contributed by atoms with van der Waals surface area (Å²) in [4.78, 5) is 13.7. The minimum atomic E-state index is -0.282. The molecule has 0 bridgehead atoms. The van der Waals surface area contributed by atoms with Crippen LogP contribution in [0.25, 0.3) is 0 Å². The number of carbonyl (C=O) groups is 1. The van der Waals surface area contributed by atoms with Crippen LogP contribution in [0.1, 0.15) is 5.56 Å². The number of anilines is 1. The summed E-state index contributed by atoms with van der Waals surface area (Å²) in [6, 6.07) is 13.5. The van der Waals surface area contributed by atoms with E-state index in [1.807, 2.05) is 24.3 Å². The number of benzene rings is 2. The maximum Gasteiger partial charge on any atom is 0.241 e.